The van der Waals surface area contributed by atoms with E-state index in [0.29, 0.717) is 15.8 Å². The molecule has 2 aromatic carbocycles. The van der Waals surface area contributed by atoms with Crippen LogP contribution in [0.15, 0.2) is 40.9 Å². The number of phenolic OH excluding ortho intramolecular Hbond substituents is 2. The zero-order chi connectivity index (χ0) is 16.3. The summed E-state index contributed by atoms with van der Waals surface area (Å²) in [6.45, 7) is 0. The van der Waals surface area contributed by atoms with Crippen molar-refractivity contribution in [3.63, 3.8) is 0 Å². The third-order valence-corrected chi connectivity index (χ3v) is 3.96. The van der Waals surface area contributed by atoms with Crippen LogP contribution < -0.4 is 4.74 Å². The van der Waals surface area contributed by atoms with Gasteiger partial charge in [-0.1, -0.05) is 33.6 Å². The van der Waals surface area contributed by atoms with Crippen LogP contribution in [0.4, 0.5) is 0 Å². The van der Waals surface area contributed by atoms with Gasteiger partial charge in [-0.15, -0.1) is 0 Å². The second-order valence-corrected chi connectivity index (χ2v) is 5.64. The lowest BCUT2D eigenvalue weighted by Gasteiger charge is -2.06. The van der Waals surface area contributed by atoms with E-state index in [0.717, 1.165) is 0 Å². The van der Waals surface area contributed by atoms with E-state index in [-0.39, 0.29) is 22.1 Å². The highest BCUT2D eigenvalue weighted by atomic mass is 79.9. The Morgan fingerprint density at radius 2 is 2.05 bits per heavy atom. The van der Waals surface area contributed by atoms with Gasteiger partial charge in [0.15, 0.2) is 17.3 Å². The van der Waals surface area contributed by atoms with Gasteiger partial charge in [0.05, 0.1) is 17.7 Å². The lowest BCUT2D eigenvalue weighted by atomic mass is 10.1. The van der Waals surface area contributed by atoms with Gasteiger partial charge in [0, 0.05) is 4.47 Å². The molecule has 0 atom stereocenters. The predicted molar refractivity (Wildman–Crippen MR) is 88.8 cm³/mol. The lowest BCUT2D eigenvalue weighted by molar-refractivity contribution is 0.104. The topological polar surface area (TPSA) is 66.8 Å². The summed E-state index contributed by atoms with van der Waals surface area (Å²) in [6.07, 6.45) is 2.81. The van der Waals surface area contributed by atoms with Crippen LogP contribution in [0.3, 0.4) is 0 Å². The number of rotatable bonds is 4. The highest BCUT2D eigenvalue weighted by Gasteiger charge is 2.11. The predicted octanol–water partition coefficient (Wildman–Crippen LogP) is 4.42. The number of allylic oxidation sites excluding steroid dienone is 1. The summed E-state index contributed by atoms with van der Waals surface area (Å²) in [5, 5.41) is 19.6. The summed E-state index contributed by atoms with van der Waals surface area (Å²) in [5.74, 6) is -0.371. The van der Waals surface area contributed by atoms with E-state index in [1.807, 2.05) is 0 Å². The molecule has 0 aromatic heterocycles. The number of para-hydroxylation sites is 1. The number of methoxy groups -OCH3 is 1. The largest absolute Gasteiger partial charge is 0.506 e. The Balaban J connectivity index is 2.30. The van der Waals surface area contributed by atoms with E-state index < -0.39 is 5.78 Å². The first-order valence-corrected chi connectivity index (χ1v) is 7.37. The number of carbonyl (C=O) groups excluding carboxylic acids is 1. The molecule has 114 valence electrons. The van der Waals surface area contributed by atoms with Crippen LogP contribution in [0.25, 0.3) is 6.08 Å². The van der Waals surface area contributed by atoms with Crippen molar-refractivity contribution in [2.45, 2.75) is 0 Å². The van der Waals surface area contributed by atoms with Crippen LogP contribution in [0.5, 0.6) is 17.2 Å². The number of hydrogen-bond acceptors (Lipinski definition) is 4. The maximum absolute atomic E-state index is 12.1. The minimum Gasteiger partial charge on any atom is -0.506 e. The molecule has 0 saturated carbocycles. The number of benzene rings is 2. The monoisotopic (exact) mass is 382 g/mol. The Morgan fingerprint density at radius 1 is 1.32 bits per heavy atom. The molecule has 0 saturated heterocycles. The van der Waals surface area contributed by atoms with Crippen LogP contribution in [-0.4, -0.2) is 23.1 Å². The van der Waals surface area contributed by atoms with Crippen LogP contribution in [0.1, 0.15) is 15.9 Å². The summed E-state index contributed by atoms with van der Waals surface area (Å²) >= 11 is 9.10. The second kappa shape index (κ2) is 6.85. The summed E-state index contributed by atoms with van der Waals surface area (Å²) in [5.41, 5.74) is 0.700. The van der Waals surface area contributed by atoms with Gasteiger partial charge < -0.3 is 14.9 Å². The molecule has 2 N–H and O–H groups in total. The molecule has 2 aromatic rings. The maximum atomic E-state index is 12.1. The third kappa shape index (κ3) is 3.43. The van der Waals surface area contributed by atoms with Crippen molar-refractivity contribution in [2.24, 2.45) is 0 Å². The van der Waals surface area contributed by atoms with Crippen LogP contribution >= 0.6 is 27.5 Å². The van der Waals surface area contributed by atoms with Gasteiger partial charge in [0.25, 0.3) is 0 Å². The van der Waals surface area contributed by atoms with Crippen molar-refractivity contribution in [3.8, 4) is 17.2 Å². The molecule has 4 nitrogen and oxygen atoms in total. The zero-order valence-electron chi connectivity index (χ0n) is 11.5. The minimum atomic E-state index is -0.401. The fraction of sp³-hybridized carbons (Fsp3) is 0.0625. The first kappa shape index (κ1) is 16.4. The van der Waals surface area contributed by atoms with Gasteiger partial charge in [-0.05, 0) is 42.0 Å². The molecule has 0 aliphatic rings. The number of carbonyl (C=O) groups is 1. The first-order chi connectivity index (χ1) is 10.4. The Morgan fingerprint density at radius 3 is 2.73 bits per heavy atom. The van der Waals surface area contributed by atoms with Crippen molar-refractivity contribution in [1.29, 1.82) is 0 Å². The minimum absolute atomic E-state index is 0.0385. The van der Waals surface area contributed by atoms with Crippen LogP contribution in [-0.2, 0) is 0 Å². The number of ketones is 1. The van der Waals surface area contributed by atoms with Gasteiger partial charge in [-0.25, -0.2) is 0 Å². The van der Waals surface area contributed by atoms with E-state index in [2.05, 4.69) is 15.9 Å². The van der Waals surface area contributed by atoms with Crippen molar-refractivity contribution in [1.82, 2.24) is 0 Å². The highest BCUT2D eigenvalue weighted by molar-refractivity contribution is 9.10. The molecule has 6 heteroatoms. The summed E-state index contributed by atoms with van der Waals surface area (Å²) in [4.78, 5) is 12.1. The summed E-state index contributed by atoms with van der Waals surface area (Å²) < 4.78 is 5.64. The van der Waals surface area contributed by atoms with E-state index in [1.54, 1.807) is 12.1 Å². The number of hydrogen-bond donors (Lipinski definition) is 2. The molecule has 0 unspecified atom stereocenters. The zero-order valence-corrected chi connectivity index (χ0v) is 13.9. The van der Waals surface area contributed by atoms with Crippen LogP contribution in [0, 0.1) is 0 Å². The molecule has 0 spiro atoms. The van der Waals surface area contributed by atoms with Gasteiger partial charge >= 0.3 is 0 Å². The van der Waals surface area contributed by atoms with Crippen molar-refractivity contribution >= 4 is 39.4 Å². The molecule has 0 aliphatic heterocycles. The molecule has 0 fully saturated rings. The number of ether oxygens (including phenoxy) is 1. The van der Waals surface area contributed by atoms with Crippen molar-refractivity contribution in [2.75, 3.05) is 7.11 Å². The quantitative estimate of drug-likeness (QED) is 0.606. The first-order valence-electron chi connectivity index (χ1n) is 6.20. The average molecular weight is 384 g/mol. The molecular weight excluding hydrogens is 372 g/mol. The molecule has 22 heavy (non-hydrogen) atoms. The molecule has 0 heterocycles. The number of aromatic hydroxyl groups is 2. The molecule has 0 aliphatic carbocycles. The second-order valence-electron chi connectivity index (χ2n) is 4.38. The molecule has 2 rings (SSSR count). The van der Waals surface area contributed by atoms with Gasteiger partial charge in [0.1, 0.15) is 5.75 Å². The lowest BCUT2D eigenvalue weighted by Crippen LogP contribution is -1.95. The molecular formula is C16H12BrClO4. The Bertz CT molecular complexity index is 756. The van der Waals surface area contributed by atoms with E-state index in [1.165, 1.54) is 37.5 Å². The van der Waals surface area contributed by atoms with Gasteiger partial charge in [-0.2, -0.15) is 0 Å². The fourth-order valence-corrected chi connectivity index (χ4v) is 2.45. The smallest absolute Gasteiger partial charge is 0.189 e. The normalized spacial score (nSPS) is 10.9. The number of halogens is 2. The molecule has 0 amide bonds. The van der Waals surface area contributed by atoms with Gasteiger partial charge in [-0.3, -0.25) is 4.79 Å². The Hall–Kier alpha value is -1.98. The SMILES string of the molecule is COc1cc(Br)c(/C=C/C(=O)c2cccc(Cl)c2O)cc1O. The van der Waals surface area contributed by atoms with E-state index >= 15 is 0 Å². The van der Waals surface area contributed by atoms with Crippen LogP contribution in [0.2, 0.25) is 5.02 Å². The van der Waals surface area contributed by atoms with Crippen molar-refractivity contribution < 1.29 is 19.7 Å². The van der Waals surface area contributed by atoms with E-state index in [4.69, 9.17) is 16.3 Å². The highest BCUT2D eigenvalue weighted by Crippen LogP contribution is 2.33. The van der Waals surface area contributed by atoms with Gasteiger partial charge in [0.2, 0.25) is 0 Å². The summed E-state index contributed by atoms with van der Waals surface area (Å²) in [6, 6.07) is 7.61. The Kier molecular flexibility index (Phi) is 5.11. The van der Waals surface area contributed by atoms with Crippen molar-refractivity contribution in [3.05, 3.63) is 57.0 Å². The third-order valence-electron chi connectivity index (χ3n) is 2.96. The standard InChI is InChI=1S/C16H12BrClO4/c1-22-15-8-11(17)9(7-14(15)20)5-6-13(19)10-3-2-4-12(18)16(10)21/h2-8,20-21H,1H3/b6-5+. The molecule has 0 radical (unpaired) electrons. The Labute approximate surface area is 140 Å². The fourth-order valence-electron chi connectivity index (χ4n) is 1.82. The molecule has 0 bridgehead atoms. The average Bonchev–Trinajstić information content (AvgIpc) is 2.50. The van der Waals surface area contributed by atoms with E-state index in [9.17, 15) is 15.0 Å². The maximum Gasteiger partial charge on any atom is 0.189 e. The number of phenols is 2. The summed E-state index contributed by atoms with van der Waals surface area (Å²) in [7, 11) is 1.45.